The van der Waals surface area contributed by atoms with Crippen molar-refractivity contribution in [3.8, 4) is 17.2 Å². The van der Waals surface area contributed by atoms with Crippen LogP contribution in [0.3, 0.4) is 0 Å². The largest absolute Gasteiger partial charge is 0.507 e. The summed E-state index contributed by atoms with van der Waals surface area (Å²) in [6, 6.07) is 11.5. The van der Waals surface area contributed by atoms with Crippen molar-refractivity contribution in [2.75, 3.05) is 5.73 Å². The van der Waals surface area contributed by atoms with Crippen molar-refractivity contribution in [2.24, 2.45) is 0 Å². The molecule has 0 heterocycles. The second-order valence-corrected chi connectivity index (χ2v) is 10.1. The van der Waals surface area contributed by atoms with Crippen molar-refractivity contribution in [1.29, 1.82) is 0 Å². The minimum atomic E-state index is -4.58. The van der Waals surface area contributed by atoms with Gasteiger partial charge in [0.1, 0.15) is 16.4 Å². The number of hydrogen-bond acceptors (Lipinski definition) is 7. The number of rotatable bonds is 5. The number of ketones is 2. The number of phenols is 1. The van der Waals surface area contributed by atoms with Gasteiger partial charge in [-0.2, -0.15) is 8.42 Å². The molecular formula is C25H23NO7S. The maximum Gasteiger partial charge on any atom is 0.294 e. The Hall–Kier alpha value is -3.69. The van der Waals surface area contributed by atoms with Crippen molar-refractivity contribution >= 4 is 27.4 Å². The van der Waals surface area contributed by atoms with Crippen LogP contribution in [-0.4, -0.2) is 29.6 Å². The number of anilines is 1. The molecule has 0 aromatic heterocycles. The number of nitrogen functional groups attached to an aromatic ring is 1. The average Bonchev–Trinajstić information content (AvgIpc) is 2.78. The van der Waals surface area contributed by atoms with Crippen LogP contribution in [0.4, 0.5) is 5.69 Å². The van der Waals surface area contributed by atoms with Gasteiger partial charge in [0.2, 0.25) is 0 Å². The molecule has 1 aliphatic rings. The summed E-state index contributed by atoms with van der Waals surface area (Å²) in [4.78, 5) is 25.8. The highest BCUT2D eigenvalue weighted by Crippen LogP contribution is 2.45. The van der Waals surface area contributed by atoms with Gasteiger partial charge in [0, 0.05) is 22.8 Å². The molecule has 0 spiro atoms. The summed E-state index contributed by atoms with van der Waals surface area (Å²) < 4.78 is 39.9. The monoisotopic (exact) mass is 481 g/mol. The number of fused-ring (bicyclic) bond motifs is 2. The van der Waals surface area contributed by atoms with Crippen LogP contribution in [0.25, 0.3) is 0 Å². The van der Waals surface area contributed by atoms with Crippen molar-refractivity contribution in [3.63, 3.8) is 0 Å². The van der Waals surface area contributed by atoms with Gasteiger partial charge in [-0.15, -0.1) is 0 Å². The van der Waals surface area contributed by atoms with Crippen molar-refractivity contribution < 1.29 is 32.4 Å². The lowest BCUT2D eigenvalue weighted by Crippen LogP contribution is -2.23. The maximum atomic E-state index is 13.2. The predicted molar refractivity (Wildman–Crippen MR) is 125 cm³/mol. The zero-order chi connectivity index (χ0) is 25.0. The number of nitrogens with two attached hydrogens (primary N) is 1. The highest BCUT2D eigenvalue weighted by Gasteiger charge is 2.36. The molecule has 0 atom stereocenters. The Labute approximate surface area is 196 Å². The summed E-state index contributed by atoms with van der Waals surface area (Å²) in [5.41, 5.74) is 5.50. The van der Waals surface area contributed by atoms with E-state index >= 15 is 0 Å². The molecule has 9 heteroatoms. The molecule has 3 aromatic carbocycles. The molecule has 4 rings (SSSR count). The van der Waals surface area contributed by atoms with E-state index in [-0.39, 0.29) is 49.9 Å². The highest BCUT2D eigenvalue weighted by atomic mass is 32.2. The van der Waals surface area contributed by atoms with Gasteiger partial charge in [-0.05, 0) is 24.0 Å². The summed E-state index contributed by atoms with van der Waals surface area (Å²) in [5, 5.41) is 10.7. The third-order valence-electron chi connectivity index (χ3n) is 6.23. The zero-order valence-corrected chi connectivity index (χ0v) is 19.6. The van der Waals surface area contributed by atoms with Gasteiger partial charge in [-0.25, -0.2) is 0 Å². The normalized spacial score (nSPS) is 13.4. The molecule has 4 N–H and O–H groups in total. The molecule has 3 aromatic rings. The summed E-state index contributed by atoms with van der Waals surface area (Å²) in [7, 11) is -4.58. The Morgan fingerprint density at radius 2 is 1.53 bits per heavy atom. The highest BCUT2D eigenvalue weighted by molar-refractivity contribution is 7.85. The lowest BCUT2D eigenvalue weighted by molar-refractivity contribution is 0.0977. The first-order valence-electron chi connectivity index (χ1n) is 10.5. The summed E-state index contributed by atoms with van der Waals surface area (Å²) in [6.07, 6.45) is 0.505. The first kappa shape index (κ1) is 23.5. The quantitative estimate of drug-likeness (QED) is 0.215. The van der Waals surface area contributed by atoms with Crippen molar-refractivity contribution in [3.05, 3.63) is 76.3 Å². The fourth-order valence-corrected chi connectivity index (χ4v) is 5.02. The smallest absolute Gasteiger partial charge is 0.294 e. The van der Waals surface area contributed by atoms with Crippen LogP contribution in [0.2, 0.25) is 0 Å². The van der Waals surface area contributed by atoms with E-state index in [1.807, 2.05) is 6.92 Å². The number of phenolic OH excluding ortho intramolecular Hbond substituents is 1. The van der Waals surface area contributed by atoms with Crippen LogP contribution in [0.1, 0.15) is 64.6 Å². The number of carbonyl (C=O) groups is 2. The summed E-state index contributed by atoms with van der Waals surface area (Å²) in [5.74, 6) is -1.62. The van der Waals surface area contributed by atoms with Gasteiger partial charge < -0.3 is 15.6 Å². The van der Waals surface area contributed by atoms with E-state index in [4.69, 9.17) is 10.5 Å². The Balaban J connectivity index is 1.93. The molecule has 1 aliphatic carbocycles. The van der Waals surface area contributed by atoms with E-state index in [1.54, 1.807) is 26.0 Å². The first-order valence-corrected chi connectivity index (χ1v) is 11.9. The van der Waals surface area contributed by atoms with Crippen molar-refractivity contribution in [1.82, 2.24) is 0 Å². The van der Waals surface area contributed by atoms with Crippen LogP contribution in [0.15, 0.2) is 53.4 Å². The number of ether oxygens (including phenoxy) is 1. The van der Waals surface area contributed by atoms with Crippen LogP contribution >= 0.6 is 0 Å². The maximum absolute atomic E-state index is 13.2. The van der Waals surface area contributed by atoms with Crippen LogP contribution < -0.4 is 10.5 Å². The van der Waals surface area contributed by atoms with Gasteiger partial charge in [-0.1, -0.05) is 51.1 Å². The van der Waals surface area contributed by atoms with E-state index in [1.165, 1.54) is 30.3 Å². The van der Waals surface area contributed by atoms with E-state index in [0.717, 1.165) is 6.07 Å². The second-order valence-electron chi connectivity index (χ2n) is 8.71. The molecule has 0 amide bonds. The van der Waals surface area contributed by atoms with E-state index in [0.29, 0.717) is 6.42 Å². The SMILES string of the molecule is CCC(C)(C)c1c(Oc2cc(O)c3c(c2N)C(=O)c2ccccc2C3=O)cccc1S(=O)(=O)O. The number of carbonyl (C=O) groups excluding carboxylic acids is 2. The average molecular weight is 482 g/mol. The fourth-order valence-electron chi connectivity index (χ4n) is 4.13. The Bertz CT molecular complexity index is 1470. The molecule has 0 saturated carbocycles. The molecule has 34 heavy (non-hydrogen) atoms. The minimum absolute atomic E-state index is 0.0722. The lowest BCUT2D eigenvalue weighted by atomic mass is 9.81. The van der Waals surface area contributed by atoms with Gasteiger partial charge in [-0.3, -0.25) is 14.1 Å². The van der Waals surface area contributed by atoms with E-state index in [2.05, 4.69) is 0 Å². The van der Waals surface area contributed by atoms with Crippen LogP contribution in [0.5, 0.6) is 17.2 Å². The number of aromatic hydroxyl groups is 1. The second kappa shape index (κ2) is 7.96. The number of hydrogen-bond donors (Lipinski definition) is 3. The van der Waals surface area contributed by atoms with E-state index < -0.39 is 32.8 Å². The Morgan fingerprint density at radius 1 is 0.941 bits per heavy atom. The molecule has 0 unspecified atom stereocenters. The third-order valence-corrected chi connectivity index (χ3v) is 7.12. The molecule has 8 nitrogen and oxygen atoms in total. The van der Waals surface area contributed by atoms with Crippen LogP contribution in [-0.2, 0) is 15.5 Å². The number of benzene rings is 3. The van der Waals surface area contributed by atoms with Gasteiger partial charge in [0.05, 0.1) is 16.8 Å². The molecule has 176 valence electrons. The van der Waals surface area contributed by atoms with Gasteiger partial charge in [0.25, 0.3) is 10.1 Å². The Morgan fingerprint density at radius 3 is 2.09 bits per heavy atom. The predicted octanol–water partition coefficient (Wildman–Crippen LogP) is 4.48. The van der Waals surface area contributed by atoms with Gasteiger partial charge >= 0.3 is 0 Å². The summed E-state index contributed by atoms with van der Waals surface area (Å²) >= 11 is 0. The topological polar surface area (TPSA) is 144 Å². The standard InChI is InChI=1S/C25H23NO7S/c1-4-25(2,3)21-16(10-7-11-18(21)34(30,31)32)33-17-12-15(27)19-20(22(17)26)24(29)14-9-6-5-8-13(14)23(19)28/h5-12,27H,4,26H2,1-3H3,(H,30,31,32). The van der Waals surface area contributed by atoms with Gasteiger partial charge in [0.15, 0.2) is 17.3 Å². The summed E-state index contributed by atoms with van der Waals surface area (Å²) in [6.45, 7) is 5.43. The lowest BCUT2D eigenvalue weighted by Gasteiger charge is -2.28. The Kier molecular flexibility index (Phi) is 5.50. The van der Waals surface area contributed by atoms with E-state index in [9.17, 15) is 27.7 Å². The molecular weight excluding hydrogens is 458 g/mol. The first-order chi connectivity index (χ1) is 15.9. The third kappa shape index (κ3) is 3.63. The minimum Gasteiger partial charge on any atom is -0.507 e. The molecule has 0 aliphatic heterocycles. The zero-order valence-electron chi connectivity index (χ0n) is 18.7. The van der Waals surface area contributed by atoms with Crippen molar-refractivity contribution in [2.45, 2.75) is 37.5 Å². The molecule has 0 fully saturated rings. The molecule has 0 saturated heterocycles. The molecule has 0 radical (unpaired) electrons. The van der Waals surface area contributed by atoms with Crippen LogP contribution in [0, 0.1) is 0 Å². The molecule has 0 bridgehead atoms. The fraction of sp³-hybridized carbons (Fsp3) is 0.200.